The molecule has 1 saturated carbocycles. The van der Waals surface area contributed by atoms with Crippen LogP contribution in [0.5, 0.6) is 5.75 Å². The largest absolute Gasteiger partial charge is 0.497 e. The highest BCUT2D eigenvalue weighted by molar-refractivity contribution is 5.37. The van der Waals surface area contributed by atoms with Crippen LogP contribution in [0.25, 0.3) is 0 Å². The van der Waals surface area contributed by atoms with Crippen LogP contribution < -0.4 is 10.5 Å². The van der Waals surface area contributed by atoms with Crippen molar-refractivity contribution in [1.82, 2.24) is 0 Å². The normalized spacial score (nSPS) is 26.8. The molecular formula is C25H33NO2. The first kappa shape index (κ1) is 19.5. The van der Waals surface area contributed by atoms with E-state index in [0.29, 0.717) is 5.92 Å². The molecular weight excluding hydrogens is 346 g/mol. The standard InChI is InChI=1S/C25H33NO2/c1-28-24-4-2-3-18(14-24)5-6-19-7-8-21-15-22(10-9-20(21)13-19)23-11-12-25(26,16-23)17-27/h2-4,9-10,14-15,19,23,27H,5-8,11-13,16-17,26H2,1H3/t19-,23+,25-/m1/s1. The highest BCUT2D eigenvalue weighted by Crippen LogP contribution is 2.40. The summed E-state index contributed by atoms with van der Waals surface area (Å²) in [6, 6.07) is 15.6. The number of fused-ring (bicyclic) bond motifs is 1. The fourth-order valence-corrected chi connectivity index (χ4v) is 5.13. The third-order valence-electron chi connectivity index (χ3n) is 6.97. The Bertz CT molecular complexity index is 818. The van der Waals surface area contributed by atoms with Gasteiger partial charge in [0.25, 0.3) is 0 Å². The number of aliphatic hydroxyl groups is 1. The minimum Gasteiger partial charge on any atom is -0.497 e. The predicted octanol–water partition coefficient (Wildman–Crippen LogP) is 4.39. The Labute approximate surface area is 168 Å². The van der Waals surface area contributed by atoms with Gasteiger partial charge in [-0.3, -0.25) is 0 Å². The number of nitrogens with two attached hydrogens (primary N) is 1. The van der Waals surface area contributed by atoms with E-state index >= 15 is 0 Å². The monoisotopic (exact) mass is 379 g/mol. The maximum atomic E-state index is 9.54. The number of hydrogen-bond acceptors (Lipinski definition) is 3. The van der Waals surface area contributed by atoms with Gasteiger partial charge in [0.1, 0.15) is 5.75 Å². The summed E-state index contributed by atoms with van der Waals surface area (Å²) >= 11 is 0. The molecule has 0 heterocycles. The number of aryl methyl sites for hydroxylation is 2. The van der Waals surface area contributed by atoms with E-state index < -0.39 is 0 Å². The van der Waals surface area contributed by atoms with Crippen molar-refractivity contribution in [2.45, 2.75) is 62.8 Å². The van der Waals surface area contributed by atoms with Crippen molar-refractivity contribution in [3.05, 3.63) is 64.7 Å². The van der Waals surface area contributed by atoms with Gasteiger partial charge in [-0.2, -0.15) is 0 Å². The van der Waals surface area contributed by atoms with Crippen LogP contribution in [-0.2, 0) is 19.3 Å². The van der Waals surface area contributed by atoms with E-state index in [1.807, 2.05) is 6.07 Å². The summed E-state index contributed by atoms with van der Waals surface area (Å²) in [5, 5.41) is 9.54. The molecule has 0 aromatic heterocycles. The van der Waals surface area contributed by atoms with E-state index in [1.165, 1.54) is 47.9 Å². The summed E-state index contributed by atoms with van der Waals surface area (Å²) in [6.45, 7) is 0.101. The molecule has 4 rings (SSSR count). The summed E-state index contributed by atoms with van der Waals surface area (Å²) in [7, 11) is 1.73. The van der Waals surface area contributed by atoms with Gasteiger partial charge in [0.05, 0.1) is 13.7 Å². The number of rotatable bonds is 6. The molecule has 0 saturated heterocycles. The van der Waals surface area contributed by atoms with Crippen molar-refractivity contribution in [1.29, 1.82) is 0 Å². The van der Waals surface area contributed by atoms with Crippen LogP contribution in [0.15, 0.2) is 42.5 Å². The Morgan fingerprint density at radius 2 is 2.04 bits per heavy atom. The minimum absolute atomic E-state index is 0.101. The second-order valence-corrected chi connectivity index (χ2v) is 8.99. The Morgan fingerprint density at radius 3 is 2.82 bits per heavy atom. The van der Waals surface area contributed by atoms with Gasteiger partial charge in [0.2, 0.25) is 0 Å². The molecule has 2 aromatic rings. The van der Waals surface area contributed by atoms with Gasteiger partial charge >= 0.3 is 0 Å². The third kappa shape index (κ3) is 4.26. The van der Waals surface area contributed by atoms with Crippen LogP contribution in [0.2, 0.25) is 0 Å². The van der Waals surface area contributed by atoms with Gasteiger partial charge in [-0.15, -0.1) is 0 Å². The van der Waals surface area contributed by atoms with Crippen LogP contribution in [-0.4, -0.2) is 24.4 Å². The number of aliphatic hydroxyl groups excluding tert-OH is 1. The molecule has 3 atom stereocenters. The van der Waals surface area contributed by atoms with Crippen LogP contribution in [0.4, 0.5) is 0 Å². The fourth-order valence-electron chi connectivity index (χ4n) is 5.13. The first-order valence-corrected chi connectivity index (χ1v) is 10.7. The van der Waals surface area contributed by atoms with Gasteiger partial charge in [-0.1, -0.05) is 30.3 Å². The van der Waals surface area contributed by atoms with Crippen molar-refractivity contribution < 1.29 is 9.84 Å². The molecule has 0 bridgehead atoms. The highest BCUT2D eigenvalue weighted by atomic mass is 16.5. The van der Waals surface area contributed by atoms with E-state index in [4.69, 9.17) is 10.5 Å². The number of methoxy groups -OCH3 is 1. The summed E-state index contributed by atoms with van der Waals surface area (Å²) in [4.78, 5) is 0. The fraction of sp³-hybridized carbons (Fsp3) is 0.520. The van der Waals surface area contributed by atoms with Gasteiger partial charge in [-0.25, -0.2) is 0 Å². The molecule has 0 aliphatic heterocycles. The lowest BCUT2D eigenvalue weighted by Gasteiger charge is -2.26. The van der Waals surface area contributed by atoms with E-state index in [2.05, 4.69) is 36.4 Å². The van der Waals surface area contributed by atoms with E-state index in [0.717, 1.165) is 37.4 Å². The topological polar surface area (TPSA) is 55.5 Å². The van der Waals surface area contributed by atoms with Crippen molar-refractivity contribution in [2.75, 3.05) is 13.7 Å². The summed E-state index contributed by atoms with van der Waals surface area (Å²) in [5.74, 6) is 2.23. The molecule has 2 aliphatic carbocycles. The smallest absolute Gasteiger partial charge is 0.119 e. The molecule has 150 valence electrons. The molecule has 28 heavy (non-hydrogen) atoms. The Balaban J connectivity index is 1.37. The molecule has 3 heteroatoms. The molecule has 2 aliphatic rings. The van der Waals surface area contributed by atoms with Gasteiger partial charge in [-0.05, 0) is 97.6 Å². The summed E-state index contributed by atoms with van der Waals surface area (Å²) in [6.07, 6.45) is 8.96. The van der Waals surface area contributed by atoms with Crippen molar-refractivity contribution >= 4 is 0 Å². The molecule has 1 fully saturated rings. The van der Waals surface area contributed by atoms with Crippen molar-refractivity contribution in [2.24, 2.45) is 11.7 Å². The number of hydrogen-bond donors (Lipinski definition) is 2. The lowest BCUT2D eigenvalue weighted by Crippen LogP contribution is -2.40. The molecule has 3 N–H and O–H groups in total. The second-order valence-electron chi connectivity index (χ2n) is 8.99. The zero-order valence-corrected chi connectivity index (χ0v) is 17.0. The van der Waals surface area contributed by atoms with Crippen LogP contribution in [0, 0.1) is 5.92 Å². The lowest BCUT2D eigenvalue weighted by molar-refractivity contribution is 0.198. The third-order valence-corrected chi connectivity index (χ3v) is 6.97. The van der Waals surface area contributed by atoms with E-state index in [-0.39, 0.29) is 12.1 Å². The van der Waals surface area contributed by atoms with Gasteiger partial charge in [0.15, 0.2) is 0 Å². The first-order chi connectivity index (χ1) is 13.6. The van der Waals surface area contributed by atoms with Crippen LogP contribution in [0.1, 0.15) is 60.3 Å². The second kappa shape index (κ2) is 8.26. The summed E-state index contributed by atoms with van der Waals surface area (Å²) < 4.78 is 5.34. The Kier molecular flexibility index (Phi) is 5.75. The Hall–Kier alpha value is -1.84. The van der Waals surface area contributed by atoms with Crippen molar-refractivity contribution in [3.8, 4) is 5.75 Å². The molecule has 0 spiro atoms. The van der Waals surface area contributed by atoms with Crippen molar-refractivity contribution in [3.63, 3.8) is 0 Å². The molecule has 0 amide bonds. The number of ether oxygens (including phenoxy) is 1. The zero-order chi connectivity index (χ0) is 19.6. The van der Waals surface area contributed by atoms with Crippen LogP contribution in [0.3, 0.4) is 0 Å². The SMILES string of the molecule is COc1cccc(CC[C@@H]2CCc3cc([C@H]4CC[C@](N)(CO)C4)ccc3C2)c1. The first-order valence-electron chi connectivity index (χ1n) is 10.7. The maximum absolute atomic E-state index is 9.54. The molecule has 0 radical (unpaired) electrons. The molecule has 2 aromatic carbocycles. The Morgan fingerprint density at radius 1 is 1.14 bits per heavy atom. The maximum Gasteiger partial charge on any atom is 0.119 e. The van der Waals surface area contributed by atoms with Gasteiger partial charge < -0.3 is 15.6 Å². The molecule has 0 unspecified atom stereocenters. The predicted molar refractivity (Wildman–Crippen MR) is 114 cm³/mol. The van der Waals surface area contributed by atoms with Crippen LogP contribution >= 0.6 is 0 Å². The van der Waals surface area contributed by atoms with E-state index in [9.17, 15) is 5.11 Å². The average Bonchev–Trinajstić information content (AvgIpc) is 3.14. The van der Waals surface area contributed by atoms with Gasteiger partial charge in [0, 0.05) is 5.54 Å². The quantitative estimate of drug-likeness (QED) is 0.783. The summed E-state index contributed by atoms with van der Waals surface area (Å²) in [5.41, 5.74) is 11.8. The molecule has 3 nitrogen and oxygen atoms in total. The lowest BCUT2D eigenvalue weighted by atomic mass is 9.79. The van der Waals surface area contributed by atoms with E-state index in [1.54, 1.807) is 7.11 Å². The highest BCUT2D eigenvalue weighted by Gasteiger charge is 2.36. The zero-order valence-electron chi connectivity index (χ0n) is 17.0. The minimum atomic E-state index is -0.369. The number of benzene rings is 2. The average molecular weight is 380 g/mol.